The number of benzene rings is 1. The molecule has 0 bridgehead atoms. The molecule has 2 aliphatic heterocycles. The van der Waals surface area contributed by atoms with Crippen LogP contribution in [0.25, 0.3) is 0 Å². The van der Waals surface area contributed by atoms with E-state index in [-0.39, 0.29) is 11.5 Å². The molecule has 1 unspecified atom stereocenters. The van der Waals surface area contributed by atoms with Crippen LogP contribution in [0.15, 0.2) is 30.3 Å². The molecule has 2 amide bonds. The first-order valence-corrected chi connectivity index (χ1v) is 14.2. The van der Waals surface area contributed by atoms with Crippen LogP contribution >= 0.6 is 0 Å². The third kappa shape index (κ3) is 8.50. The number of aliphatic hydroxyl groups excluding tert-OH is 1. The Kier molecular flexibility index (Phi) is 11.6. The van der Waals surface area contributed by atoms with Gasteiger partial charge in [0.2, 0.25) is 11.8 Å². The average molecular weight is 501 g/mol. The van der Waals surface area contributed by atoms with Gasteiger partial charge in [0.1, 0.15) is 5.75 Å². The summed E-state index contributed by atoms with van der Waals surface area (Å²) in [6.07, 6.45) is 15.7. The molecule has 2 saturated carbocycles. The van der Waals surface area contributed by atoms with Crippen LogP contribution in [0.2, 0.25) is 0 Å². The lowest BCUT2D eigenvalue weighted by Gasteiger charge is -2.44. The van der Waals surface area contributed by atoms with E-state index in [0.717, 1.165) is 76.2 Å². The number of nitrogens with zero attached hydrogens (tertiary/aromatic N) is 2. The summed E-state index contributed by atoms with van der Waals surface area (Å²) in [5.74, 6) is 2.34. The zero-order valence-electron chi connectivity index (χ0n) is 22.6. The predicted molar refractivity (Wildman–Crippen MR) is 144 cm³/mol. The number of methoxy groups -OCH3 is 1. The van der Waals surface area contributed by atoms with Gasteiger partial charge >= 0.3 is 0 Å². The summed E-state index contributed by atoms with van der Waals surface area (Å²) in [5, 5.41) is 10.4. The van der Waals surface area contributed by atoms with Gasteiger partial charge in [-0.2, -0.15) is 0 Å². The molecule has 1 atom stereocenters. The number of carbonyl (C=O) groups is 2. The van der Waals surface area contributed by atoms with Crippen molar-refractivity contribution in [2.75, 3.05) is 33.8 Å². The molecule has 1 aromatic carbocycles. The Morgan fingerprint density at radius 2 is 1.69 bits per heavy atom. The fourth-order valence-corrected chi connectivity index (χ4v) is 6.23. The van der Waals surface area contributed by atoms with Gasteiger partial charge in [0.05, 0.1) is 13.2 Å². The molecule has 2 saturated heterocycles. The van der Waals surface area contributed by atoms with E-state index in [1.165, 1.54) is 44.9 Å². The van der Waals surface area contributed by atoms with Crippen LogP contribution < -0.4 is 4.74 Å². The average Bonchev–Trinajstić information content (AvgIpc) is 3.55. The van der Waals surface area contributed by atoms with E-state index in [2.05, 4.69) is 4.90 Å². The number of aliphatic hydroxyl groups is 1. The van der Waals surface area contributed by atoms with E-state index in [9.17, 15) is 14.7 Å². The minimum absolute atomic E-state index is 0.0404. The van der Waals surface area contributed by atoms with Gasteiger partial charge in [0.15, 0.2) is 0 Å². The highest BCUT2D eigenvalue weighted by Gasteiger charge is 2.45. The molecule has 5 rings (SSSR count). The van der Waals surface area contributed by atoms with Crippen molar-refractivity contribution in [1.82, 2.24) is 9.80 Å². The molecule has 36 heavy (non-hydrogen) atoms. The van der Waals surface area contributed by atoms with Crippen LogP contribution in [-0.4, -0.2) is 66.6 Å². The van der Waals surface area contributed by atoms with Crippen molar-refractivity contribution in [3.8, 4) is 5.75 Å². The SMILES string of the molecule is CN1CCCC1=O.COc1ccccc1.O=C(CCC1CCCCC1)N1CCC(O)C2(CCCC2)C1. The maximum atomic E-state index is 12.5. The fourth-order valence-electron chi connectivity index (χ4n) is 6.23. The molecule has 0 radical (unpaired) electrons. The quantitative estimate of drug-likeness (QED) is 0.598. The van der Waals surface area contributed by atoms with Crippen LogP contribution in [0.1, 0.15) is 89.9 Å². The smallest absolute Gasteiger partial charge is 0.222 e. The molecule has 2 heterocycles. The minimum atomic E-state index is -0.178. The summed E-state index contributed by atoms with van der Waals surface area (Å²) in [6.45, 7) is 2.54. The van der Waals surface area contributed by atoms with E-state index in [1.54, 1.807) is 12.0 Å². The van der Waals surface area contributed by atoms with Gasteiger partial charge in [0.25, 0.3) is 0 Å². The van der Waals surface area contributed by atoms with Crippen molar-refractivity contribution in [3.05, 3.63) is 30.3 Å². The number of para-hydroxylation sites is 1. The molecular formula is C30H48N2O4. The Bertz CT molecular complexity index is 787. The molecular weight excluding hydrogens is 452 g/mol. The first-order valence-electron chi connectivity index (χ1n) is 14.2. The summed E-state index contributed by atoms with van der Waals surface area (Å²) in [4.78, 5) is 26.9. The highest BCUT2D eigenvalue weighted by atomic mass is 16.5. The van der Waals surface area contributed by atoms with Gasteiger partial charge < -0.3 is 19.6 Å². The zero-order valence-corrected chi connectivity index (χ0v) is 22.6. The maximum Gasteiger partial charge on any atom is 0.222 e. The number of hydrogen-bond acceptors (Lipinski definition) is 4. The van der Waals surface area contributed by atoms with E-state index in [4.69, 9.17) is 4.74 Å². The zero-order chi connectivity index (χ0) is 25.8. The molecule has 4 aliphatic rings. The lowest BCUT2D eigenvalue weighted by atomic mass is 9.76. The number of hydrogen-bond donors (Lipinski definition) is 1. The van der Waals surface area contributed by atoms with Crippen molar-refractivity contribution in [1.29, 1.82) is 0 Å². The number of piperidine rings is 1. The van der Waals surface area contributed by atoms with E-state index < -0.39 is 0 Å². The fraction of sp³-hybridized carbons (Fsp3) is 0.733. The van der Waals surface area contributed by atoms with Gasteiger partial charge in [-0.3, -0.25) is 9.59 Å². The van der Waals surface area contributed by atoms with Crippen LogP contribution in [0, 0.1) is 11.3 Å². The summed E-state index contributed by atoms with van der Waals surface area (Å²) in [6, 6.07) is 9.68. The van der Waals surface area contributed by atoms with E-state index in [1.807, 2.05) is 37.4 Å². The maximum absolute atomic E-state index is 12.5. The van der Waals surface area contributed by atoms with Crippen LogP contribution in [0.3, 0.4) is 0 Å². The standard InChI is InChI=1S/C18H31NO2.C7H8O.C5H9NO/c20-16-10-13-19(14-18(16)11-4-5-12-18)17(21)9-8-15-6-2-1-3-7-15;1-8-7-5-3-2-4-6-7;1-6-4-2-3-5(6)7/h15-16,20H,1-14H2;2-6H,1H3;2-4H2,1H3. The predicted octanol–water partition coefficient (Wildman–Crippen LogP) is 5.43. The molecule has 6 heteroatoms. The van der Waals surface area contributed by atoms with Crippen molar-refractivity contribution >= 4 is 11.8 Å². The third-order valence-corrected chi connectivity index (χ3v) is 8.62. The van der Waals surface area contributed by atoms with Gasteiger partial charge in [-0.25, -0.2) is 0 Å². The monoisotopic (exact) mass is 500 g/mol. The largest absolute Gasteiger partial charge is 0.497 e. The molecule has 2 aliphatic carbocycles. The normalized spacial score (nSPS) is 23.5. The molecule has 1 N–H and O–H groups in total. The number of ether oxygens (including phenoxy) is 1. The lowest BCUT2D eigenvalue weighted by Crippen LogP contribution is -2.52. The summed E-state index contributed by atoms with van der Waals surface area (Å²) < 4.78 is 4.91. The highest BCUT2D eigenvalue weighted by Crippen LogP contribution is 2.45. The Hall–Kier alpha value is -2.08. The number of amides is 2. The van der Waals surface area contributed by atoms with Crippen molar-refractivity contribution in [3.63, 3.8) is 0 Å². The topological polar surface area (TPSA) is 70.1 Å². The first kappa shape index (κ1) is 28.5. The Morgan fingerprint density at radius 3 is 2.22 bits per heavy atom. The summed E-state index contributed by atoms with van der Waals surface area (Å²) in [5.41, 5.74) is 0.0404. The van der Waals surface area contributed by atoms with Gasteiger partial charge in [-0.1, -0.05) is 63.1 Å². The van der Waals surface area contributed by atoms with Crippen LogP contribution in [0.4, 0.5) is 0 Å². The van der Waals surface area contributed by atoms with E-state index in [0.29, 0.717) is 11.8 Å². The Balaban J connectivity index is 0.000000196. The highest BCUT2D eigenvalue weighted by molar-refractivity contribution is 5.77. The van der Waals surface area contributed by atoms with Crippen molar-refractivity contribution in [2.24, 2.45) is 11.3 Å². The second kappa shape index (κ2) is 14.6. The summed E-state index contributed by atoms with van der Waals surface area (Å²) in [7, 11) is 3.50. The molecule has 4 fully saturated rings. The number of rotatable bonds is 4. The van der Waals surface area contributed by atoms with Crippen molar-refractivity contribution < 1.29 is 19.4 Å². The Labute approximate surface area is 218 Å². The molecule has 202 valence electrons. The first-order chi connectivity index (χ1) is 17.4. The Morgan fingerprint density at radius 1 is 1.00 bits per heavy atom. The van der Waals surface area contributed by atoms with Gasteiger partial charge in [-0.05, 0) is 50.2 Å². The molecule has 1 spiro atoms. The minimum Gasteiger partial charge on any atom is -0.497 e. The summed E-state index contributed by atoms with van der Waals surface area (Å²) >= 11 is 0. The second-order valence-corrected chi connectivity index (χ2v) is 11.2. The molecule has 0 aromatic heterocycles. The molecule has 1 aromatic rings. The number of likely N-dealkylation sites (tertiary alicyclic amines) is 2. The van der Waals surface area contributed by atoms with Crippen LogP contribution in [0.5, 0.6) is 5.75 Å². The second-order valence-electron chi connectivity index (χ2n) is 11.2. The lowest BCUT2D eigenvalue weighted by molar-refractivity contribution is -0.139. The van der Waals surface area contributed by atoms with Crippen molar-refractivity contribution in [2.45, 2.75) is 96.0 Å². The van der Waals surface area contributed by atoms with E-state index >= 15 is 0 Å². The van der Waals surface area contributed by atoms with Gasteiger partial charge in [-0.15, -0.1) is 0 Å². The van der Waals surface area contributed by atoms with Gasteiger partial charge in [0, 0.05) is 44.9 Å². The number of carbonyl (C=O) groups excluding carboxylic acids is 2. The molecule has 6 nitrogen and oxygen atoms in total. The van der Waals surface area contributed by atoms with Crippen LogP contribution in [-0.2, 0) is 9.59 Å². The third-order valence-electron chi connectivity index (χ3n) is 8.62.